The average molecular weight is 195 g/mol. The van der Waals surface area contributed by atoms with Gasteiger partial charge >= 0.3 is 0 Å². The van der Waals surface area contributed by atoms with Gasteiger partial charge in [-0.2, -0.15) is 0 Å². The van der Waals surface area contributed by atoms with Crippen LogP contribution in [0.25, 0.3) is 0 Å². The lowest BCUT2D eigenvalue weighted by atomic mass is 9.99. The minimum atomic E-state index is 0.718. The Kier molecular flexibility index (Phi) is 3.82. The minimum absolute atomic E-state index is 0.718. The molecule has 1 unspecified atom stereocenters. The molecule has 1 atom stereocenters. The van der Waals surface area contributed by atoms with Crippen molar-refractivity contribution < 1.29 is 0 Å². The van der Waals surface area contributed by atoms with Crippen molar-refractivity contribution in [3.05, 3.63) is 6.92 Å². The van der Waals surface area contributed by atoms with Crippen LogP contribution in [0.4, 0.5) is 0 Å². The lowest BCUT2D eigenvalue weighted by Gasteiger charge is -2.30. The summed E-state index contributed by atoms with van der Waals surface area (Å²) in [4.78, 5) is 2.61. The SMILES string of the molecule is [CH2]C1CCN(CCC2CCCN2)CC1. The molecule has 0 aromatic rings. The summed E-state index contributed by atoms with van der Waals surface area (Å²) in [7, 11) is 0. The van der Waals surface area contributed by atoms with Crippen LogP contribution in [0.5, 0.6) is 0 Å². The topological polar surface area (TPSA) is 15.3 Å². The zero-order valence-electron chi connectivity index (χ0n) is 9.17. The number of piperidine rings is 1. The van der Waals surface area contributed by atoms with Gasteiger partial charge in [-0.1, -0.05) is 6.92 Å². The lowest BCUT2D eigenvalue weighted by Crippen LogP contribution is -2.36. The molecule has 81 valence electrons. The first-order chi connectivity index (χ1) is 6.84. The van der Waals surface area contributed by atoms with Crippen molar-refractivity contribution in [2.75, 3.05) is 26.2 Å². The second-order valence-electron chi connectivity index (χ2n) is 4.87. The van der Waals surface area contributed by atoms with Gasteiger partial charge in [-0.05, 0) is 64.2 Å². The Morgan fingerprint density at radius 3 is 2.64 bits per heavy atom. The molecule has 0 aliphatic carbocycles. The molecular weight excluding hydrogens is 172 g/mol. The van der Waals surface area contributed by atoms with Crippen molar-refractivity contribution in [2.45, 2.75) is 38.1 Å². The third kappa shape index (κ3) is 2.96. The summed E-state index contributed by atoms with van der Waals surface area (Å²) in [5.41, 5.74) is 0. The fourth-order valence-corrected chi connectivity index (χ4v) is 2.55. The summed E-state index contributed by atoms with van der Waals surface area (Å²) in [6.45, 7) is 9.23. The second kappa shape index (κ2) is 5.13. The number of nitrogens with zero attached hydrogens (tertiary/aromatic N) is 1. The molecule has 2 aliphatic rings. The quantitative estimate of drug-likeness (QED) is 0.737. The molecular formula is C12H23N2. The van der Waals surface area contributed by atoms with Crippen LogP contribution in [0.3, 0.4) is 0 Å². The molecule has 14 heavy (non-hydrogen) atoms. The number of hydrogen-bond acceptors (Lipinski definition) is 2. The molecule has 2 nitrogen and oxygen atoms in total. The number of rotatable bonds is 3. The molecule has 2 heteroatoms. The molecule has 0 saturated carbocycles. The second-order valence-corrected chi connectivity index (χ2v) is 4.87. The van der Waals surface area contributed by atoms with E-state index in [9.17, 15) is 0 Å². The molecule has 0 spiro atoms. The Morgan fingerprint density at radius 2 is 2.00 bits per heavy atom. The summed E-state index contributed by atoms with van der Waals surface area (Å²) in [5.74, 6) is 0.718. The number of hydrogen-bond donors (Lipinski definition) is 1. The van der Waals surface area contributed by atoms with E-state index in [1.165, 1.54) is 58.3 Å². The van der Waals surface area contributed by atoms with Gasteiger partial charge in [-0.3, -0.25) is 0 Å². The van der Waals surface area contributed by atoms with Gasteiger partial charge in [-0.15, -0.1) is 0 Å². The fraction of sp³-hybridized carbons (Fsp3) is 0.917. The van der Waals surface area contributed by atoms with Crippen molar-refractivity contribution in [3.63, 3.8) is 0 Å². The zero-order valence-corrected chi connectivity index (χ0v) is 9.17. The largest absolute Gasteiger partial charge is 0.314 e. The van der Waals surface area contributed by atoms with Gasteiger partial charge in [-0.25, -0.2) is 0 Å². The van der Waals surface area contributed by atoms with E-state index in [0.717, 1.165) is 12.0 Å². The van der Waals surface area contributed by atoms with Crippen LogP contribution in [-0.4, -0.2) is 37.1 Å². The van der Waals surface area contributed by atoms with Crippen LogP contribution in [0.15, 0.2) is 0 Å². The van der Waals surface area contributed by atoms with Crippen molar-refractivity contribution in [1.29, 1.82) is 0 Å². The highest BCUT2D eigenvalue weighted by Crippen LogP contribution is 2.17. The molecule has 2 aliphatic heterocycles. The molecule has 0 aromatic carbocycles. The van der Waals surface area contributed by atoms with E-state index in [4.69, 9.17) is 0 Å². The first-order valence-corrected chi connectivity index (χ1v) is 6.13. The average Bonchev–Trinajstić information content (AvgIpc) is 2.70. The van der Waals surface area contributed by atoms with Gasteiger partial charge < -0.3 is 10.2 Å². The van der Waals surface area contributed by atoms with Crippen LogP contribution in [0.1, 0.15) is 32.1 Å². The maximum Gasteiger partial charge on any atom is 0.00797 e. The molecule has 2 saturated heterocycles. The van der Waals surface area contributed by atoms with Gasteiger partial charge in [0.15, 0.2) is 0 Å². The van der Waals surface area contributed by atoms with Crippen molar-refractivity contribution in [3.8, 4) is 0 Å². The van der Waals surface area contributed by atoms with Crippen LogP contribution in [0.2, 0.25) is 0 Å². The summed E-state index contributed by atoms with van der Waals surface area (Å²) in [6, 6.07) is 0.812. The van der Waals surface area contributed by atoms with E-state index in [2.05, 4.69) is 17.1 Å². The molecule has 0 aromatic heterocycles. The Labute approximate surface area is 88.1 Å². The van der Waals surface area contributed by atoms with E-state index >= 15 is 0 Å². The highest BCUT2D eigenvalue weighted by molar-refractivity contribution is 4.78. The highest BCUT2D eigenvalue weighted by Gasteiger charge is 2.18. The van der Waals surface area contributed by atoms with Crippen molar-refractivity contribution in [2.24, 2.45) is 5.92 Å². The Bertz CT molecular complexity index is 156. The molecule has 2 heterocycles. The third-order valence-corrected chi connectivity index (χ3v) is 3.66. The molecule has 1 radical (unpaired) electrons. The Hall–Kier alpha value is -0.0800. The zero-order chi connectivity index (χ0) is 9.80. The first-order valence-electron chi connectivity index (χ1n) is 6.13. The standard InChI is InChI=1S/C12H23N2/c1-11-4-8-14(9-5-11)10-6-12-3-2-7-13-12/h11-13H,1-10H2. The number of likely N-dealkylation sites (tertiary alicyclic amines) is 1. The van der Waals surface area contributed by atoms with Crippen LogP contribution >= 0.6 is 0 Å². The molecule has 1 N–H and O–H groups in total. The van der Waals surface area contributed by atoms with Gasteiger partial charge in [0.05, 0.1) is 0 Å². The molecule has 0 bridgehead atoms. The van der Waals surface area contributed by atoms with Crippen LogP contribution in [-0.2, 0) is 0 Å². The van der Waals surface area contributed by atoms with Gasteiger partial charge in [0, 0.05) is 6.04 Å². The van der Waals surface area contributed by atoms with E-state index < -0.39 is 0 Å². The van der Waals surface area contributed by atoms with Crippen molar-refractivity contribution >= 4 is 0 Å². The van der Waals surface area contributed by atoms with Crippen molar-refractivity contribution in [1.82, 2.24) is 10.2 Å². The van der Waals surface area contributed by atoms with E-state index in [-0.39, 0.29) is 0 Å². The van der Waals surface area contributed by atoms with E-state index in [0.29, 0.717) is 0 Å². The monoisotopic (exact) mass is 195 g/mol. The van der Waals surface area contributed by atoms with Gasteiger partial charge in [0.25, 0.3) is 0 Å². The first kappa shape index (κ1) is 10.4. The van der Waals surface area contributed by atoms with Crippen LogP contribution in [0, 0.1) is 12.8 Å². The fourth-order valence-electron chi connectivity index (χ4n) is 2.55. The Morgan fingerprint density at radius 1 is 1.21 bits per heavy atom. The molecule has 2 fully saturated rings. The van der Waals surface area contributed by atoms with Crippen LogP contribution < -0.4 is 5.32 Å². The normalized spacial score (nSPS) is 31.1. The maximum atomic E-state index is 4.13. The summed E-state index contributed by atoms with van der Waals surface area (Å²) < 4.78 is 0. The van der Waals surface area contributed by atoms with Gasteiger partial charge in [0.2, 0.25) is 0 Å². The summed E-state index contributed by atoms with van der Waals surface area (Å²) in [5, 5.41) is 3.57. The van der Waals surface area contributed by atoms with E-state index in [1.807, 2.05) is 0 Å². The predicted octanol–water partition coefficient (Wildman–Crippen LogP) is 1.67. The number of nitrogens with one attached hydrogen (secondary N) is 1. The lowest BCUT2D eigenvalue weighted by molar-refractivity contribution is 0.194. The smallest absolute Gasteiger partial charge is 0.00797 e. The highest BCUT2D eigenvalue weighted by atomic mass is 15.1. The minimum Gasteiger partial charge on any atom is -0.314 e. The van der Waals surface area contributed by atoms with E-state index in [1.54, 1.807) is 0 Å². The summed E-state index contributed by atoms with van der Waals surface area (Å²) >= 11 is 0. The molecule has 2 rings (SSSR count). The summed E-state index contributed by atoms with van der Waals surface area (Å²) in [6.07, 6.45) is 6.73. The maximum absolute atomic E-state index is 4.13. The Balaban J connectivity index is 1.60. The predicted molar refractivity (Wildman–Crippen MR) is 60.2 cm³/mol. The molecule has 0 amide bonds. The third-order valence-electron chi connectivity index (χ3n) is 3.66. The van der Waals surface area contributed by atoms with Gasteiger partial charge in [0.1, 0.15) is 0 Å².